The van der Waals surface area contributed by atoms with Gasteiger partial charge in [0.25, 0.3) is 0 Å². The van der Waals surface area contributed by atoms with Gasteiger partial charge < -0.3 is 27.0 Å². The Balaban J connectivity index is 0.00000288. The SMILES string of the molecule is CC1CN(CC(O)COc2ccc(C(C)(C)C)cc2)CC(C)O1.[Cl-]. The van der Waals surface area contributed by atoms with Crippen LogP contribution in [0, 0.1) is 0 Å². The number of β-amino-alcohol motifs (C(OH)–C–C–N with tert-alkyl or cyclic N) is 1. The molecule has 0 aliphatic carbocycles. The summed E-state index contributed by atoms with van der Waals surface area (Å²) < 4.78 is 11.4. The van der Waals surface area contributed by atoms with E-state index in [9.17, 15) is 5.11 Å². The van der Waals surface area contributed by atoms with Gasteiger partial charge in [-0.1, -0.05) is 32.9 Å². The summed E-state index contributed by atoms with van der Waals surface area (Å²) in [5, 5.41) is 10.2. The van der Waals surface area contributed by atoms with Gasteiger partial charge in [0.15, 0.2) is 0 Å². The van der Waals surface area contributed by atoms with E-state index in [4.69, 9.17) is 9.47 Å². The number of ether oxygens (including phenoxy) is 2. The molecule has 1 saturated heterocycles. The van der Waals surface area contributed by atoms with E-state index in [-0.39, 0.29) is 30.0 Å². The van der Waals surface area contributed by atoms with E-state index in [1.165, 1.54) is 5.56 Å². The molecule has 138 valence electrons. The van der Waals surface area contributed by atoms with Gasteiger partial charge in [-0.15, -0.1) is 0 Å². The van der Waals surface area contributed by atoms with Crippen molar-refractivity contribution in [1.82, 2.24) is 4.90 Å². The normalized spacial score (nSPS) is 23.4. The van der Waals surface area contributed by atoms with Crippen molar-refractivity contribution in [2.75, 3.05) is 26.2 Å². The molecule has 2 rings (SSSR count). The van der Waals surface area contributed by atoms with Gasteiger partial charge in [0, 0.05) is 19.6 Å². The molecule has 0 saturated carbocycles. The number of hydrogen-bond acceptors (Lipinski definition) is 4. The first-order valence-corrected chi connectivity index (χ1v) is 8.53. The van der Waals surface area contributed by atoms with Gasteiger partial charge in [0.2, 0.25) is 0 Å². The minimum Gasteiger partial charge on any atom is -1.00 e. The molecule has 1 aliphatic heterocycles. The third kappa shape index (κ3) is 6.60. The Kier molecular flexibility index (Phi) is 8.00. The Morgan fingerprint density at radius 2 is 1.71 bits per heavy atom. The largest absolute Gasteiger partial charge is 1.00 e. The molecule has 3 atom stereocenters. The van der Waals surface area contributed by atoms with Crippen molar-refractivity contribution in [3.8, 4) is 5.75 Å². The summed E-state index contributed by atoms with van der Waals surface area (Å²) in [6.07, 6.45) is -0.0524. The lowest BCUT2D eigenvalue weighted by atomic mass is 9.87. The summed E-state index contributed by atoms with van der Waals surface area (Å²) in [6.45, 7) is 13.4. The van der Waals surface area contributed by atoms with Crippen molar-refractivity contribution >= 4 is 0 Å². The lowest BCUT2D eigenvalue weighted by molar-refractivity contribution is -0.0786. The fourth-order valence-corrected chi connectivity index (χ4v) is 3.03. The molecular formula is C19H31ClNO3-. The quantitative estimate of drug-likeness (QED) is 0.796. The first kappa shape index (κ1) is 21.2. The summed E-state index contributed by atoms with van der Waals surface area (Å²) in [7, 11) is 0. The third-order valence-corrected chi connectivity index (χ3v) is 4.13. The zero-order valence-electron chi connectivity index (χ0n) is 15.5. The highest BCUT2D eigenvalue weighted by Crippen LogP contribution is 2.24. The van der Waals surface area contributed by atoms with Gasteiger partial charge >= 0.3 is 0 Å². The Hall–Kier alpha value is -0.810. The van der Waals surface area contributed by atoms with Gasteiger partial charge in [-0.25, -0.2) is 0 Å². The van der Waals surface area contributed by atoms with E-state index >= 15 is 0 Å². The van der Waals surface area contributed by atoms with Crippen LogP contribution < -0.4 is 17.1 Å². The smallest absolute Gasteiger partial charge is 0.119 e. The average Bonchev–Trinajstić information content (AvgIpc) is 2.43. The third-order valence-electron chi connectivity index (χ3n) is 4.13. The van der Waals surface area contributed by atoms with E-state index in [0.29, 0.717) is 13.2 Å². The number of nitrogens with zero attached hydrogens (tertiary/aromatic N) is 1. The van der Waals surface area contributed by atoms with Gasteiger partial charge in [-0.05, 0) is 37.0 Å². The molecule has 1 aromatic carbocycles. The summed E-state index contributed by atoms with van der Waals surface area (Å²) in [5.41, 5.74) is 1.42. The molecule has 1 aliphatic rings. The number of hydrogen-bond donors (Lipinski definition) is 1. The van der Waals surface area contributed by atoms with Crippen molar-refractivity contribution in [2.45, 2.75) is 58.3 Å². The zero-order chi connectivity index (χ0) is 17.0. The van der Waals surface area contributed by atoms with Crippen LogP contribution in [0.4, 0.5) is 0 Å². The Bertz CT molecular complexity index is 476. The van der Waals surface area contributed by atoms with E-state index in [1.807, 2.05) is 12.1 Å². The number of morpholine rings is 1. The molecular weight excluding hydrogens is 326 g/mol. The minimum atomic E-state index is -0.491. The molecule has 0 radical (unpaired) electrons. The predicted octanol–water partition coefficient (Wildman–Crippen LogP) is -0.163. The van der Waals surface area contributed by atoms with Crippen LogP contribution in [0.1, 0.15) is 40.2 Å². The highest BCUT2D eigenvalue weighted by atomic mass is 35.5. The molecule has 5 heteroatoms. The first-order valence-electron chi connectivity index (χ1n) is 8.53. The van der Waals surface area contributed by atoms with Crippen molar-refractivity contribution in [1.29, 1.82) is 0 Å². The number of aliphatic hydroxyl groups excluding tert-OH is 1. The zero-order valence-corrected chi connectivity index (χ0v) is 16.2. The van der Waals surface area contributed by atoms with Crippen LogP contribution in [0.15, 0.2) is 24.3 Å². The Labute approximate surface area is 152 Å². The molecule has 0 aromatic heterocycles. The van der Waals surface area contributed by atoms with Crippen LogP contribution in [-0.4, -0.2) is 54.6 Å². The second-order valence-electron chi connectivity index (χ2n) is 7.72. The van der Waals surface area contributed by atoms with Crippen LogP contribution in [0.25, 0.3) is 0 Å². The van der Waals surface area contributed by atoms with E-state index < -0.39 is 6.10 Å². The van der Waals surface area contributed by atoms with Gasteiger partial charge in [-0.3, -0.25) is 4.90 Å². The molecule has 3 unspecified atom stereocenters. The Morgan fingerprint density at radius 3 is 2.21 bits per heavy atom. The van der Waals surface area contributed by atoms with Gasteiger partial charge in [-0.2, -0.15) is 0 Å². The van der Waals surface area contributed by atoms with E-state index in [0.717, 1.165) is 18.8 Å². The highest BCUT2D eigenvalue weighted by molar-refractivity contribution is 5.31. The maximum Gasteiger partial charge on any atom is 0.119 e. The average molecular weight is 357 g/mol. The lowest BCUT2D eigenvalue weighted by Gasteiger charge is -2.36. The summed E-state index contributed by atoms with van der Waals surface area (Å²) in [5.74, 6) is 0.806. The molecule has 0 amide bonds. The molecule has 24 heavy (non-hydrogen) atoms. The monoisotopic (exact) mass is 356 g/mol. The molecule has 4 nitrogen and oxygen atoms in total. The van der Waals surface area contributed by atoms with Crippen LogP contribution in [0.3, 0.4) is 0 Å². The topological polar surface area (TPSA) is 41.9 Å². The van der Waals surface area contributed by atoms with E-state index in [1.54, 1.807) is 0 Å². The van der Waals surface area contributed by atoms with Crippen molar-refractivity contribution in [2.24, 2.45) is 0 Å². The lowest BCUT2D eigenvalue weighted by Crippen LogP contribution is -3.00. The maximum absolute atomic E-state index is 10.2. The van der Waals surface area contributed by atoms with Crippen molar-refractivity contribution in [3.05, 3.63) is 29.8 Å². The number of rotatable bonds is 5. The van der Waals surface area contributed by atoms with Crippen LogP contribution >= 0.6 is 0 Å². The number of benzene rings is 1. The van der Waals surface area contributed by atoms with Crippen molar-refractivity contribution < 1.29 is 27.0 Å². The minimum absolute atomic E-state index is 0. The molecule has 1 heterocycles. The Morgan fingerprint density at radius 1 is 1.17 bits per heavy atom. The molecule has 1 N–H and O–H groups in total. The maximum atomic E-state index is 10.2. The molecule has 1 aromatic rings. The molecule has 1 fully saturated rings. The predicted molar refractivity (Wildman–Crippen MR) is 93.1 cm³/mol. The standard InChI is InChI=1S/C19H31NO3.ClH/c1-14-10-20(11-15(2)23-14)12-17(21)13-22-18-8-6-16(7-9-18)19(3,4)5;/h6-9,14-15,17,21H,10-13H2,1-5H3;1H/p-1. The van der Waals surface area contributed by atoms with Crippen LogP contribution in [-0.2, 0) is 10.2 Å². The fourth-order valence-electron chi connectivity index (χ4n) is 3.03. The first-order chi connectivity index (χ1) is 10.7. The number of aliphatic hydroxyl groups is 1. The second-order valence-corrected chi connectivity index (χ2v) is 7.72. The molecule has 0 bridgehead atoms. The van der Waals surface area contributed by atoms with Crippen molar-refractivity contribution in [3.63, 3.8) is 0 Å². The van der Waals surface area contributed by atoms with Crippen LogP contribution in [0.5, 0.6) is 5.75 Å². The van der Waals surface area contributed by atoms with E-state index in [2.05, 4.69) is 51.7 Å². The summed E-state index contributed by atoms with van der Waals surface area (Å²) >= 11 is 0. The van der Waals surface area contributed by atoms with Crippen LogP contribution in [0.2, 0.25) is 0 Å². The molecule has 0 spiro atoms. The number of halogens is 1. The summed E-state index contributed by atoms with van der Waals surface area (Å²) in [4.78, 5) is 2.25. The fraction of sp³-hybridized carbons (Fsp3) is 0.684. The second kappa shape index (κ2) is 9.04. The highest BCUT2D eigenvalue weighted by Gasteiger charge is 2.24. The van der Waals surface area contributed by atoms with Gasteiger partial charge in [0.1, 0.15) is 18.5 Å². The summed E-state index contributed by atoms with van der Waals surface area (Å²) in [6, 6.07) is 8.14. The van der Waals surface area contributed by atoms with Gasteiger partial charge in [0.05, 0.1) is 12.2 Å².